The molecule has 0 aliphatic heterocycles. The van der Waals surface area contributed by atoms with Gasteiger partial charge in [0.25, 0.3) is 15.9 Å². The van der Waals surface area contributed by atoms with Gasteiger partial charge >= 0.3 is 0 Å². The quantitative estimate of drug-likeness (QED) is 0.213. The second kappa shape index (κ2) is 12.7. The van der Waals surface area contributed by atoms with Crippen LogP contribution in [0.25, 0.3) is 0 Å². The molecule has 0 atom stereocenters. The normalized spacial score (nSPS) is 11.2. The standard InChI is InChI=1S/C28H31N3O5S/c1-5-16-36-26-15-13-23(18-27(26)35-6-2)19-29-30-28(32)20-31(25-14-12-21(3)17-22(25)4)37(33,34)24-10-8-7-9-11-24/h5,7-15,17-19H,1,6,16,20H2,2-4H3,(H,30,32)/b29-19+. The Kier molecular flexibility index (Phi) is 9.45. The zero-order valence-electron chi connectivity index (χ0n) is 21.2. The largest absolute Gasteiger partial charge is 0.490 e. The number of hydrazone groups is 1. The molecule has 0 aliphatic rings. The average molecular weight is 522 g/mol. The Bertz CT molecular complexity index is 1370. The highest BCUT2D eigenvalue weighted by molar-refractivity contribution is 7.92. The zero-order chi connectivity index (χ0) is 26.8. The predicted molar refractivity (Wildman–Crippen MR) is 146 cm³/mol. The van der Waals surface area contributed by atoms with Gasteiger partial charge in [0.15, 0.2) is 11.5 Å². The fourth-order valence-corrected chi connectivity index (χ4v) is 5.10. The summed E-state index contributed by atoms with van der Waals surface area (Å²) in [7, 11) is -4.00. The summed E-state index contributed by atoms with van der Waals surface area (Å²) in [6, 6.07) is 18.6. The van der Waals surface area contributed by atoms with E-state index in [0.717, 1.165) is 15.4 Å². The van der Waals surface area contributed by atoms with Crippen molar-refractivity contribution >= 4 is 27.8 Å². The van der Waals surface area contributed by atoms with Crippen LogP contribution in [-0.2, 0) is 14.8 Å². The Morgan fingerprint density at radius 3 is 2.46 bits per heavy atom. The summed E-state index contributed by atoms with van der Waals surface area (Å²) in [5, 5.41) is 4.01. The van der Waals surface area contributed by atoms with Crippen LogP contribution in [0.1, 0.15) is 23.6 Å². The molecule has 9 heteroatoms. The number of sulfonamides is 1. The monoisotopic (exact) mass is 521 g/mol. The topological polar surface area (TPSA) is 97.3 Å². The number of anilines is 1. The third-order valence-electron chi connectivity index (χ3n) is 5.27. The lowest BCUT2D eigenvalue weighted by molar-refractivity contribution is -0.119. The van der Waals surface area contributed by atoms with Crippen molar-refractivity contribution in [1.82, 2.24) is 5.43 Å². The molecule has 0 saturated heterocycles. The molecule has 3 rings (SSSR count). The van der Waals surface area contributed by atoms with Gasteiger partial charge in [-0.2, -0.15) is 5.10 Å². The number of ether oxygens (including phenoxy) is 2. The van der Waals surface area contributed by atoms with E-state index in [2.05, 4.69) is 17.1 Å². The molecule has 0 aromatic heterocycles. The van der Waals surface area contributed by atoms with Crippen LogP contribution in [0.2, 0.25) is 0 Å². The molecule has 0 aliphatic carbocycles. The van der Waals surface area contributed by atoms with Gasteiger partial charge < -0.3 is 9.47 Å². The predicted octanol–water partition coefficient (Wildman–Crippen LogP) is 4.61. The minimum atomic E-state index is -4.00. The molecule has 0 heterocycles. The average Bonchev–Trinajstić information content (AvgIpc) is 2.88. The second-order valence-corrected chi connectivity index (χ2v) is 10.0. The van der Waals surface area contributed by atoms with E-state index in [1.165, 1.54) is 18.3 Å². The maximum Gasteiger partial charge on any atom is 0.264 e. The van der Waals surface area contributed by atoms with Crippen LogP contribution in [0.5, 0.6) is 11.5 Å². The molecule has 3 aromatic rings. The molecule has 0 bridgehead atoms. The van der Waals surface area contributed by atoms with Crippen molar-refractivity contribution < 1.29 is 22.7 Å². The van der Waals surface area contributed by atoms with Gasteiger partial charge in [-0.3, -0.25) is 9.10 Å². The van der Waals surface area contributed by atoms with Crippen molar-refractivity contribution in [3.63, 3.8) is 0 Å². The van der Waals surface area contributed by atoms with Gasteiger partial charge in [0.2, 0.25) is 0 Å². The molecule has 0 fully saturated rings. The van der Waals surface area contributed by atoms with Crippen LogP contribution in [0.3, 0.4) is 0 Å². The first kappa shape index (κ1) is 27.5. The number of hydrogen-bond acceptors (Lipinski definition) is 6. The van der Waals surface area contributed by atoms with Gasteiger partial charge in [-0.05, 0) is 68.3 Å². The van der Waals surface area contributed by atoms with Gasteiger partial charge in [-0.1, -0.05) is 48.6 Å². The lowest BCUT2D eigenvalue weighted by Crippen LogP contribution is -2.40. The molecular weight excluding hydrogens is 490 g/mol. The number of carbonyl (C=O) groups excluding carboxylic acids is 1. The molecule has 0 unspecified atom stereocenters. The Balaban J connectivity index is 1.81. The second-order valence-electron chi connectivity index (χ2n) is 8.15. The van der Waals surface area contributed by atoms with E-state index >= 15 is 0 Å². The Morgan fingerprint density at radius 2 is 1.78 bits per heavy atom. The summed E-state index contributed by atoms with van der Waals surface area (Å²) in [5.41, 5.74) is 5.23. The minimum absolute atomic E-state index is 0.0912. The molecular formula is C28H31N3O5S. The van der Waals surface area contributed by atoms with Crippen molar-refractivity contribution in [1.29, 1.82) is 0 Å². The fraction of sp³-hybridized carbons (Fsp3) is 0.214. The molecule has 3 aromatic carbocycles. The number of rotatable bonds is 12. The fourth-order valence-electron chi connectivity index (χ4n) is 3.59. The lowest BCUT2D eigenvalue weighted by Gasteiger charge is -2.25. The first-order valence-electron chi connectivity index (χ1n) is 11.7. The van der Waals surface area contributed by atoms with E-state index < -0.39 is 22.5 Å². The molecule has 37 heavy (non-hydrogen) atoms. The van der Waals surface area contributed by atoms with Gasteiger partial charge in [-0.15, -0.1) is 0 Å². The Labute approximate surface area is 218 Å². The highest BCUT2D eigenvalue weighted by atomic mass is 32.2. The SMILES string of the molecule is C=CCOc1ccc(/C=N/NC(=O)CN(c2ccc(C)cc2C)S(=O)(=O)c2ccccc2)cc1OCC. The summed E-state index contributed by atoms with van der Waals surface area (Å²) in [5.74, 6) is 0.513. The van der Waals surface area contributed by atoms with Crippen molar-refractivity contribution in [3.05, 3.63) is 96.1 Å². The van der Waals surface area contributed by atoms with E-state index in [9.17, 15) is 13.2 Å². The number of hydrogen-bond donors (Lipinski definition) is 1. The number of nitrogens with zero attached hydrogens (tertiary/aromatic N) is 2. The van der Waals surface area contributed by atoms with Crippen molar-refractivity contribution in [3.8, 4) is 11.5 Å². The number of carbonyl (C=O) groups is 1. The molecule has 0 radical (unpaired) electrons. The number of benzene rings is 3. The van der Waals surface area contributed by atoms with Crippen LogP contribution >= 0.6 is 0 Å². The van der Waals surface area contributed by atoms with Crippen LogP contribution < -0.4 is 19.2 Å². The highest BCUT2D eigenvalue weighted by Crippen LogP contribution is 2.29. The first-order valence-corrected chi connectivity index (χ1v) is 13.2. The van der Waals surface area contributed by atoms with Crippen molar-refractivity contribution in [2.45, 2.75) is 25.7 Å². The summed E-state index contributed by atoms with van der Waals surface area (Å²) >= 11 is 0. The maximum absolute atomic E-state index is 13.5. The Hall–Kier alpha value is -4.11. The maximum atomic E-state index is 13.5. The van der Waals surface area contributed by atoms with Crippen molar-refractivity contribution in [2.75, 3.05) is 24.1 Å². The summed E-state index contributed by atoms with van der Waals surface area (Å²) in [4.78, 5) is 12.9. The van der Waals surface area contributed by atoms with Gasteiger partial charge in [0.1, 0.15) is 13.2 Å². The summed E-state index contributed by atoms with van der Waals surface area (Å²) in [6.07, 6.45) is 3.09. The van der Waals surface area contributed by atoms with E-state index in [4.69, 9.17) is 9.47 Å². The first-order chi connectivity index (χ1) is 17.8. The molecule has 1 N–H and O–H groups in total. The minimum Gasteiger partial charge on any atom is -0.490 e. The van der Waals surface area contributed by atoms with Crippen molar-refractivity contribution in [2.24, 2.45) is 5.10 Å². The van der Waals surface area contributed by atoms with E-state index in [-0.39, 0.29) is 4.90 Å². The Morgan fingerprint density at radius 1 is 1.03 bits per heavy atom. The summed E-state index contributed by atoms with van der Waals surface area (Å²) < 4.78 is 39.3. The number of amides is 1. The van der Waals surface area contributed by atoms with Gasteiger partial charge in [0, 0.05) is 0 Å². The van der Waals surface area contributed by atoms with Crippen LogP contribution in [0.4, 0.5) is 5.69 Å². The molecule has 8 nitrogen and oxygen atoms in total. The summed E-state index contributed by atoms with van der Waals surface area (Å²) in [6.45, 7) is 9.57. The van der Waals surface area contributed by atoms with Crippen LogP contribution in [0.15, 0.2) is 89.4 Å². The van der Waals surface area contributed by atoms with Crippen LogP contribution in [0, 0.1) is 13.8 Å². The van der Waals surface area contributed by atoms with Crippen LogP contribution in [-0.4, -0.2) is 40.3 Å². The number of aryl methyl sites for hydroxylation is 2. The molecule has 0 spiro atoms. The van der Waals surface area contributed by atoms with E-state index in [0.29, 0.717) is 36.0 Å². The smallest absolute Gasteiger partial charge is 0.264 e. The third kappa shape index (κ3) is 7.20. The molecule has 194 valence electrons. The highest BCUT2D eigenvalue weighted by Gasteiger charge is 2.28. The third-order valence-corrected chi connectivity index (χ3v) is 7.04. The lowest BCUT2D eigenvalue weighted by atomic mass is 10.1. The molecule has 1 amide bonds. The molecule has 0 saturated carbocycles. The van der Waals surface area contributed by atoms with Gasteiger partial charge in [-0.25, -0.2) is 13.8 Å². The number of nitrogens with one attached hydrogen (secondary N) is 1. The zero-order valence-corrected chi connectivity index (χ0v) is 22.0. The van der Waals surface area contributed by atoms with Gasteiger partial charge in [0.05, 0.1) is 23.4 Å². The van der Waals surface area contributed by atoms with E-state index in [1.807, 2.05) is 32.9 Å². The van der Waals surface area contributed by atoms with E-state index in [1.54, 1.807) is 48.5 Å².